The van der Waals surface area contributed by atoms with E-state index >= 15 is 0 Å². The van der Waals surface area contributed by atoms with Crippen LogP contribution in [0.4, 0.5) is 5.69 Å². The normalized spacial score (nSPS) is 24.2. The smallest absolute Gasteiger partial charge is 0.102 e. The lowest BCUT2D eigenvalue weighted by molar-refractivity contribution is 0.720. The number of anilines is 1. The van der Waals surface area contributed by atoms with Gasteiger partial charge in [-0.1, -0.05) is 24.3 Å². The van der Waals surface area contributed by atoms with Gasteiger partial charge in [-0.15, -0.1) is 0 Å². The van der Waals surface area contributed by atoms with Crippen LogP contribution in [0.5, 0.6) is 0 Å². The summed E-state index contributed by atoms with van der Waals surface area (Å²) >= 11 is 0. The molecule has 2 aliphatic rings. The molecule has 2 heteroatoms. The van der Waals surface area contributed by atoms with E-state index in [1.807, 2.05) is 12.1 Å². The van der Waals surface area contributed by atoms with Crippen molar-refractivity contribution in [3.8, 4) is 6.07 Å². The van der Waals surface area contributed by atoms with Gasteiger partial charge in [0.2, 0.25) is 0 Å². The molecule has 88 valence electrons. The molecule has 2 nitrogen and oxygen atoms in total. The molecule has 1 saturated carbocycles. The van der Waals surface area contributed by atoms with Crippen molar-refractivity contribution < 1.29 is 0 Å². The van der Waals surface area contributed by atoms with E-state index < -0.39 is 0 Å². The lowest BCUT2D eigenvalue weighted by Gasteiger charge is -2.20. The summed E-state index contributed by atoms with van der Waals surface area (Å²) in [6.07, 6.45) is 3.72. The molecule has 2 aliphatic carbocycles. The third-order valence-electron chi connectivity index (χ3n) is 4.70. The molecule has 0 amide bonds. The molecule has 1 fully saturated rings. The lowest BCUT2D eigenvalue weighted by Crippen LogP contribution is -2.05. The molecule has 0 heterocycles. The summed E-state index contributed by atoms with van der Waals surface area (Å²) in [6, 6.07) is 10.6. The third-order valence-corrected chi connectivity index (χ3v) is 4.70. The SMILES string of the molecule is N#Cc1c2c(c3ccccc3c1N)[C@@H]1CC[C@H]2C1. The second kappa shape index (κ2) is 3.26. The summed E-state index contributed by atoms with van der Waals surface area (Å²) in [6.45, 7) is 0. The van der Waals surface area contributed by atoms with Gasteiger partial charge in [0.05, 0.1) is 11.3 Å². The van der Waals surface area contributed by atoms with Crippen LogP contribution in [0.1, 0.15) is 47.8 Å². The Morgan fingerprint density at radius 1 is 1.06 bits per heavy atom. The van der Waals surface area contributed by atoms with Crippen molar-refractivity contribution >= 4 is 16.5 Å². The number of hydrogen-bond donors (Lipinski definition) is 1. The highest BCUT2D eigenvalue weighted by Gasteiger charge is 2.40. The molecular formula is C16H14N2. The van der Waals surface area contributed by atoms with Gasteiger partial charge in [-0.25, -0.2) is 0 Å². The van der Waals surface area contributed by atoms with E-state index in [1.165, 1.54) is 35.8 Å². The summed E-state index contributed by atoms with van der Waals surface area (Å²) in [7, 11) is 0. The van der Waals surface area contributed by atoms with Crippen molar-refractivity contribution in [2.24, 2.45) is 0 Å². The zero-order chi connectivity index (χ0) is 12.3. The van der Waals surface area contributed by atoms with Gasteiger partial charge in [0.15, 0.2) is 0 Å². The number of rotatable bonds is 0. The van der Waals surface area contributed by atoms with Gasteiger partial charge in [-0.3, -0.25) is 0 Å². The number of fused-ring (bicyclic) bond motifs is 7. The Bertz CT molecular complexity index is 709. The minimum Gasteiger partial charge on any atom is -0.397 e. The molecule has 2 aromatic carbocycles. The fourth-order valence-corrected chi connectivity index (χ4v) is 4.00. The molecule has 0 aliphatic heterocycles. The van der Waals surface area contributed by atoms with Crippen molar-refractivity contribution in [3.05, 3.63) is 41.0 Å². The zero-order valence-corrected chi connectivity index (χ0v) is 10.1. The maximum Gasteiger partial charge on any atom is 0.102 e. The number of nitrogens with two attached hydrogens (primary N) is 1. The topological polar surface area (TPSA) is 49.8 Å². The van der Waals surface area contributed by atoms with Crippen molar-refractivity contribution in [1.82, 2.24) is 0 Å². The van der Waals surface area contributed by atoms with Crippen molar-refractivity contribution in [2.45, 2.75) is 31.1 Å². The first-order valence-electron chi connectivity index (χ1n) is 6.55. The second-order valence-electron chi connectivity index (χ2n) is 5.48. The van der Waals surface area contributed by atoms with Crippen LogP contribution in [0.2, 0.25) is 0 Å². The van der Waals surface area contributed by atoms with Crippen molar-refractivity contribution in [2.75, 3.05) is 5.73 Å². The summed E-state index contributed by atoms with van der Waals surface area (Å²) < 4.78 is 0. The van der Waals surface area contributed by atoms with Gasteiger partial charge >= 0.3 is 0 Å². The van der Waals surface area contributed by atoms with E-state index in [0.29, 0.717) is 17.5 Å². The van der Waals surface area contributed by atoms with Crippen molar-refractivity contribution in [3.63, 3.8) is 0 Å². The van der Waals surface area contributed by atoms with Crippen LogP contribution in [-0.2, 0) is 0 Å². The molecule has 18 heavy (non-hydrogen) atoms. The molecule has 2 atom stereocenters. The molecule has 0 spiro atoms. The Balaban J connectivity index is 2.22. The van der Waals surface area contributed by atoms with E-state index in [1.54, 1.807) is 0 Å². The third kappa shape index (κ3) is 1.03. The molecular weight excluding hydrogens is 220 g/mol. The number of nitrogens with zero attached hydrogens (tertiary/aromatic N) is 1. The lowest BCUT2D eigenvalue weighted by atomic mass is 9.84. The van der Waals surface area contributed by atoms with E-state index in [-0.39, 0.29) is 0 Å². The van der Waals surface area contributed by atoms with Gasteiger partial charge in [0.25, 0.3) is 0 Å². The summed E-state index contributed by atoms with van der Waals surface area (Å²) in [5.74, 6) is 1.23. The quantitative estimate of drug-likeness (QED) is 0.707. The molecule has 2 N–H and O–H groups in total. The van der Waals surface area contributed by atoms with Crippen LogP contribution in [0.3, 0.4) is 0 Å². The number of nitriles is 1. The van der Waals surface area contributed by atoms with Crippen LogP contribution in [0.15, 0.2) is 24.3 Å². The molecule has 0 saturated heterocycles. The minimum absolute atomic E-state index is 0.576. The molecule has 2 aromatic rings. The van der Waals surface area contributed by atoms with Gasteiger partial charge in [0.1, 0.15) is 6.07 Å². The fourth-order valence-electron chi connectivity index (χ4n) is 4.00. The average Bonchev–Trinajstić information content (AvgIpc) is 3.01. The largest absolute Gasteiger partial charge is 0.397 e. The van der Waals surface area contributed by atoms with Crippen LogP contribution in [-0.4, -0.2) is 0 Å². The van der Waals surface area contributed by atoms with Crippen molar-refractivity contribution in [1.29, 1.82) is 5.26 Å². The maximum absolute atomic E-state index is 9.44. The van der Waals surface area contributed by atoms with E-state index in [2.05, 4.69) is 18.2 Å². The second-order valence-corrected chi connectivity index (χ2v) is 5.48. The van der Waals surface area contributed by atoms with Gasteiger partial charge < -0.3 is 5.73 Å². The summed E-state index contributed by atoms with van der Waals surface area (Å²) in [5.41, 5.74) is 10.3. The fraction of sp³-hybridized carbons (Fsp3) is 0.312. The predicted octanol–water partition coefficient (Wildman–Crippen LogP) is 3.66. The Morgan fingerprint density at radius 2 is 1.72 bits per heavy atom. The van der Waals surface area contributed by atoms with Crippen LogP contribution in [0, 0.1) is 11.3 Å². The first-order chi connectivity index (χ1) is 8.81. The monoisotopic (exact) mass is 234 g/mol. The van der Waals surface area contributed by atoms with E-state index in [0.717, 1.165) is 10.9 Å². The molecule has 0 radical (unpaired) electrons. The first-order valence-corrected chi connectivity index (χ1v) is 6.55. The average molecular weight is 234 g/mol. The van der Waals surface area contributed by atoms with Crippen LogP contribution >= 0.6 is 0 Å². The Labute approximate surface area is 106 Å². The predicted molar refractivity (Wildman–Crippen MR) is 72.4 cm³/mol. The highest BCUT2D eigenvalue weighted by molar-refractivity contribution is 6.00. The number of nitrogen functional groups attached to an aromatic ring is 1. The zero-order valence-electron chi connectivity index (χ0n) is 10.1. The molecule has 0 aromatic heterocycles. The van der Waals surface area contributed by atoms with Crippen LogP contribution < -0.4 is 5.73 Å². The Morgan fingerprint density at radius 3 is 2.44 bits per heavy atom. The Hall–Kier alpha value is -2.01. The number of benzene rings is 2. The minimum atomic E-state index is 0.576. The summed E-state index contributed by atoms with van der Waals surface area (Å²) in [4.78, 5) is 0. The highest BCUT2D eigenvalue weighted by atomic mass is 14.6. The molecule has 0 unspecified atom stereocenters. The van der Waals surface area contributed by atoms with Gasteiger partial charge in [-0.2, -0.15) is 5.26 Å². The number of hydrogen-bond acceptors (Lipinski definition) is 2. The highest BCUT2D eigenvalue weighted by Crippen LogP contribution is 2.57. The standard InChI is InChI=1S/C16H14N2/c17-8-13-15-10-6-5-9(7-10)14(15)11-3-1-2-4-12(11)16(13)18/h1-4,9-10H,5-7,18H2/t9-,10+/m1/s1. The molecule has 4 rings (SSSR count). The maximum atomic E-state index is 9.44. The Kier molecular flexibility index (Phi) is 1.81. The first kappa shape index (κ1) is 9.96. The van der Waals surface area contributed by atoms with E-state index in [9.17, 15) is 5.26 Å². The summed E-state index contributed by atoms with van der Waals surface area (Å²) in [5, 5.41) is 11.8. The van der Waals surface area contributed by atoms with Gasteiger partial charge in [0, 0.05) is 5.39 Å². The van der Waals surface area contributed by atoms with Crippen LogP contribution in [0.25, 0.3) is 10.8 Å². The molecule has 2 bridgehead atoms. The van der Waals surface area contributed by atoms with E-state index in [4.69, 9.17) is 5.73 Å². The van der Waals surface area contributed by atoms with Gasteiger partial charge in [-0.05, 0) is 47.6 Å².